The lowest BCUT2D eigenvalue weighted by Gasteiger charge is -2.24. The molecular formula is C24H26N2O4S. The van der Waals surface area contributed by atoms with Crippen LogP contribution in [-0.2, 0) is 14.8 Å². The Hall–Kier alpha value is -3.32. The number of rotatable bonds is 9. The minimum atomic E-state index is -3.89. The standard InChI is InChI=1S/C24H26N2O4S/c1-19-10-9-15-23(20(19)2)30-17-16-25-24(27)18-26(21-11-5-3-6-12-21)31(28,29)22-13-7-4-8-14-22/h3-15H,16-18H2,1-2H3,(H,25,27). The van der Waals surface area contributed by atoms with Crippen LogP contribution in [0.15, 0.2) is 83.8 Å². The molecule has 31 heavy (non-hydrogen) atoms. The van der Waals surface area contributed by atoms with Gasteiger partial charge in [0.1, 0.15) is 18.9 Å². The molecule has 0 aliphatic carbocycles. The van der Waals surface area contributed by atoms with E-state index in [1.807, 2.05) is 32.0 Å². The molecule has 0 heterocycles. The molecule has 0 radical (unpaired) electrons. The summed E-state index contributed by atoms with van der Waals surface area (Å²) in [6, 6.07) is 22.5. The van der Waals surface area contributed by atoms with Crippen molar-refractivity contribution >= 4 is 21.6 Å². The first-order valence-corrected chi connectivity index (χ1v) is 11.4. The molecule has 0 saturated heterocycles. The fourth-order valence-corrected chi connectivity index (χ4v) is 4.49. The van der Waals surface area contributed by atoms with Crippen LogP contribution in [0.1, 0.15) is 11.1 Å². The van der Waals surface area contributed by atoms with Crippen molar-refractivity contribution in [2.24, 2.45) is 0 Å². The first-order valence-electron chi connectivity index (χ1n) is 9.98. The van der Waals surface area contributed by atoms with Crippen LogP contribution in [0.2, 0.25) is 0 Å². The highest BCUT2D eigenvalue weighted by atomic mass is 32.2. The van der Waals surface area contributed by atoms with E-state index in [0.29, 0.717) is 5.69 Å². The van der Waals surface area contributed by atoms with Crippen molar-refractivity contribution in [3.8, 4) is 5.75 Å². The highest BCUT2D eigenvalue weighted by Gasteiger charge is 2.26. The summed E-state index contributed by atoms with van der Waals surface area (Å²) >= 11 is 0. The lowest BCUT2D eigenvalue weighted by molar-refractivity contribution is -0.119. The zero-order valence-electron chi connectivity index (χ0n) is 17.6. The van der Waals surface area contributed by atoms with Crippen LogP contribution in [-0.4, -0.2) is 34.0 Å². The summed E-state index contributed by atoms with van der Waals surface area (Å²) in [6.07, 6.45) is 0. The lowest BCUT2D eigenvalue weighted by Crippen LogP contribution is -2.41. The number of para-hydroxylation sites is 1. The molecule has 0 saturated carbocycles. The van der Waals surface area contributed by atoms with Crippen LogP contribution in [0.3, 0.4) is 0 Å². The van der Waals surface area contributed by atoms with Crippen LogP contribution in [0.4, 0.5) is 5.69 Å². The van der Waals surface area contributed by atoms with Gasteiger partial charge in [0.05, 0.1) is 17.1 Å². The molecular weight excluding hydrogens is 412 g/mol. The Morgan fingerprint density at radius 1 is 0.903 bits per heavy atom. The van der Waals surface area contributed by atoms with E-state index in [0.717, 1.165) is 21.2 Å². The molecule has 1 amide bonds. The van der Waals surface area contributed by atoms with Gasteiger partial charge in [-0.1, -0.05) is 48.5 Å². The Balaban J connectivity index is 1.66. The molecule has 7 heteroatoms. The van der Waals surface area contributed by atoms with Gasteiger partial charge in [0.25, 0.3) is 10.0 Å². The number of aryl methyl sites for hydroxylation is 1. The Bertz CT molecular complexity index is 1120. The summed E-state index contributed by atoms with van der Waals surface area (Å²) in [5, 5.41) is 2.74. The number of nitrogens with zero attached hydrogens (tertiary/aromatic N) is 1. The van der Waals surface area contributed by atoms with Gasteiger partial charge in [-0.25, -0.2) is 8.42 Å². The molecule has 3 aromatic rings. The molecule has 0 atom stereocenters. The van der Waals surface area contributed by atoms with Crippen molar-refractivity contribution in [2.45, 2.75) is 18.7 Å². The number of hydrogen-bond acceptors (Lipinski definition) is 4. The molecule has 162 valence electrons. The summed E-state index contributed by atoms with van der Waals surface area (Å²) in [7, 11) is -3.89. The maximum atomic E-state index is 13.2. The summed E-state index contributed by atoms with van der Waals surface area (Å²) in [5.41, 5.74) is 2.61. The minimum absolute atomic E-state index is 0.130. The van der Waals surface area contributed by atoms with Crippen LogP contribution >= 0.6 is 0 Å². The number of carbonyl (C=O) groups excluding carboxylic acids is 1. The zero-order chi connectivity index (χ0) is 22.3. The number of nitrogens with one attached hydrogen (secondary N) is 1. The highest BCUT2D eigenvalue weighted by Crippen LogP contribution is 2.23. The molecule has 0 unspecified atom stereocenters. The van der Waals surface area contributed by atoms with Gasteiger partial charge in [0.15, 0.2) is 0 Å². The summed E-state index contributed by atoms with van der Waals surface area (Å²) < 4.78 is 33.2. The summed E-state index contributed by atoms with van der Waals surface area (Å²) in [5.74, 6) is 0.361. The van der Waals surface area contributed by atoms with Crippen LogP contribution in [0.5, 0.6) is 5.75 Å². The average molecular weight is 439 g/mol. The molecule has 0 aliphatic heterocycles. The molecule has 0 aliphatic rings. The summed E-state index contributed by atoms with van der Waals surface area (Å²) in [4.78, 5) is 12.7. The third kappa shape index (κ3) is 5.64. The van der Waals surface area contributed by atoms with Crippen molar-refractivity contribution in [3.63, 3.8) is 0 Å². The van der Waals surface area contributed by atoms with Crippen molar-refractivity contribution in [1.29, 1.82) is 0 Å². The van der Waals surface area contributed by atoms with Gasteiger partial charge < -0.3 is 10.1 Å². The first kappa shape index (κ1) is 22.4. The number of hydrogen-bond donors (Lipinski definition) is 1. The third-order valence-electron chi connectivity index (χ3n) is 4.90. The quantitative estimate of drug-likeness (QED) is 0.517. The molecule has 1 N–H and O–H groups in total. The van der Waals surface area contributed by atoms with Gasteiger partial charge in [0.2, 0.25) is 5.91 Å². The topological polar surface area (TPSA) is 75.7 Å². The Morgan fingerprint density at radius 3 is 2.23 bits per heavy atom. The van der Waals surface area contributed by atoms with Gasteiger partial charge in [-0.15, -0.1) is 0 Å². The summed E-state index contributed by atoms with van der Waals surface area (Å²) in [6.45, 7) is 4.21. The SMILES string of the molecule is Cc1cccc(OCCNC(=O)CN(c2ccccc2)S(=O)(=O)c2ccccc2)c1C. The number of ether oxygens (including phenoxy) is 1. The predicted octanol–water partition coefficient (Wildman–Crippen LogP) is 3.69. The van der Waals surface area contributed by atoms with Crippen molar-refractivity contribution in [3.05, 3.63) is 90.0 Å². The van der Waals surface area contributed by atoms with Gasteiger partial charge in [0, 0.05) is 0 Å². The lowest BCUT2D eigenvalue weighted by atomic mass is 10.1. The van der Waals surface area contributed by atoms with E-state index in [1.54, 1.807) is 48.5 Å². The number of benzene rings is 3. The zero-order valence-corrected chi connectivity index (χ0v) is 18.4. The largest absolute Gasteiger partial charge is 0.491 e. The molecule has 0 fully saturated rings. The van der Waals surface area contributed by atoms with Crippen LogP contribution < -0.4 is 14.4 Å². The Morgan fingerprint density at radius 2 is 1.55 bits per heavy atom. The number of sulfonamides is 1. The van der Waals surface area contributed by atoms with E-state index < -0.39 is 15.9 Å². The van der Waals surface area contributed by atoms with Gasteiger partial charge in [-0.2, -0.15) is 0 Å². The molecule has 0 spiro atoms. The Kier molecular flexibility index (Phi) is 7.31. The maximum absolute atomic E-state index is 13.2. The van der Waals surface area contributed by atoms with E-state index >= 15 is 0 Å². The number of carbonyl (C=O) groups is 1. The van der Waals surface area contributed by atoms with Crippen molar-refractivity contribution in [2.75, 3.05) is 24.0 Å². The van der Waals surface area contributed by atoms with Crippen LogP contribution in [0, 0.1) is 13.8 Å². The van der Waals surface area contributed by atoms with E-state index in [1.165, 1.54) is 12.1 Å². The molecule has 0 bridgehead atoms. The second-order valence-electron chi connectivity index (χ2n) is 7.06. The Labute approximate surface area is 183 Å². The molecule has 6 nitrogen and oxygen atoms in total. The molecule has 0 aromatic heterocycles. The van der Waals surface area contributed by atoms with E-state index in [2.05, 4.69) is 5.32 Å². The predicted molar refractivity (Wildman–Crippen MR) is 122 cm³/mol. The third-order valence-corrected chi connectivity index (χ3v) is 6.69. The molecule has 3 aromatic carbocycles. The number of anilines is 1. The molecule has 3 rings (SSSR count). The second-order valence-corrected chi connectivity index (χ2v) is 8.92. The average Bonchev–Trinajstić information content (AvgIpc) is 2.79. The van der Waals surface area contributed by atoms with E-state index in [9.17, 15) is 13.2 Å². The minimum Gasteiger partial charge on any atom is -0.491 e. The second kappa shape index (κ2) is 10.1. The highest BCUT2D eigenvalue weighted by molar-refractivity contribution is 7.92. The fourth-order valence-electron chi connectivity index (χ4n) is 3.05. The monoisotopic (exact) mass is 438 g/mol. The van der Waals surface area contributed by atoms with Gasteiger partial charge in [-0.05, 0) is 55.3 Å². The maximum Gasteiger partial charge on any atom is 0.264 e. The van der Waals surface area contributed by atoms with Gasteiger partial charge >= 0.3 is 0 Å². The van der Waals surface area contributed by atoms with Crippen LogP contribution in [0.25, 0.3) is 0 Å². The number of amides is 1. The van der Waals surface area contributed by atoms with E-state index in [4.69, 9.17) is 4.74 Å². The first-order chi connectivity index (χ1) is 14.9. The smallest absolute Gasteiger partial charge is 0.264 e. The van der Waals surface area contributed by atoms with Crippen molar-refractivity contribution < 1.29 is 17.9 Å². The van der Waals surface area contributed by atoms with E-state index in [-0.39, 0.29) is 24.6 Å². The fraction of sp³-hybridized carbons (Fsp3) is 0.208. The van der Waals surface area contributed by atoms with Gasteiger partial charge in [-0.3, -0.25) is 9.10 Å². The van der Waals surface area contributed by atoms with Crippen molar-refractivity contribution in [1.82, 2.24) is 5.32 Å². The normalized spacial score (nSPS) is 11.0.